The number of carbonyl (C=O) groups excluding carboxylic acids is 1. The van der Waals surface area contributed by atoms with Crippen LogP contribution in [-0.2, 0) is 11.2 Å². The van der Waals surface area contributed by atoms with Gasteiger partial charge >= 0.3 is 0 Å². The highest BCUT2D eigenvalue weighted by Gasteiger charge is 2.09. The molecule has 2 aromatic rings. The summed E-state index contributed by atoms with van der Waals surface area (Å²) in [4.78, 5) is 11.8. The first-order valence-electron chi connectivity index (χ1n) is 7.25. The normalized spacial score (nSPS) is 12.1. The summed E-state index contributed by atoms with van der Waals surface area (Å²) < 4.78 is 5.29. The molecule has 0 aliphatic rings. The molecule has 0 saturated heterocycles. The van der Waals surface area contributed by atoms with Crippen molar-refractivity contribution < 1.29 is 9.21 Å². The molecule has 4 heteroatoms. The minimum atomic E-state index is 0.00184. The number of benzene rings is 1. The van der Waals surface area contributed by atoms with Crippen LogP contribution in [0.4, 0.5) is 0 Å². The van der Waals surface area contributed by atoms with Gasteiger partial charge in [-0.05, 0) is 43.5 Å². The predicted molar refractivity (Wildman–Crippen MR) is 83.0 cm³/mol. The molecule has 112 valence electrons. The quantitative estimate of drug-likeness (QED) is 0.822. The van der Waals surface area contributed by atoms with E-state index >= 15 is 0 Å². The van der Waals surface area contributed by atoms with E-state index in [4.69, 9.17) is 4.42 Å². The van der Waals surface area contributed by atoms with Gasteiger partial charge in [-0.2, -0.15) is 0 Å². The zero-order valence-electron chi connectivity index (χ0n) is 12.6. The fourth-order valence-corrected chi connectivity index (χ4v) is 2.17. The Bertz CT molecular complexity index is 564. The van der Waals surface area contributed by atoms with Gasteiger partial charge in [0.25, 0.3) is 0 Å². The van der Waals surface area contributed by atoms with E-state index in [9.17, 15) is 4.79 Å². The smallest absolute Gasteiger partial charge is 0.233 e. The van der Waals surface area contributed by atoms with Crippen LogP contribution in [0.3, 0.4) is 0 Å². The molecule has 0 spiro atoms. The molecule has 0 unspecified atom stereocenters. The summed E-state index contributed by atoms with van der Waals surface area (Å²) in [5.41, 5.74) is 2.53. The minimum Gasteiger partial charge on any atom is -0.468 e. The van der Waals surface area contributed by atoms with Gasteiger partial charge in [0, 0.05) is 6.54 Å². The van der Waals surface area contributed by atoms with E-state index in [0.29, 0.717) is 6.54 Å². The highest BCUT2D eigenvalue weighted by molar-refractivity contribution is 5.78. The van der Waals surface area contributed by atoms with Crippen LogP contribution in [0.2, 0.25) is 0 Å². The molecular weight excluding hydrogens is 264 g/mol. The molecule has 0 saturated carbocycles. The lowest BCUT2D eigenvalue weighted by molar-refractivity contribution is -0.120. The monoisotopic (exact) mass is 286 g/mol. The lowest BCUT2D eigenvalue weighted by Gasteiger charge is -2.11. The van der Waals surface area contributed by atoms with E-state index in [1.165, 1.54) is 11.1 Å². The third kappa shape index (κ3) is 4.76. The van der Waals surface area contributed by atoms with Crippen molar-refractivity contribution in [1.82, 2.24) is 10.6 Å². The van der Waals surface area contributed by atoms with E-state index in [0.717, 1.165) is 12.2 Å². The van der Waals surface area contributed by atoms with Crippen LogP contribution in [-0.4, -0.2) is 19.0 Å². The highest BCUT2D eigenvalue weighted by atomic mass is 16.3. The van der Waals surface area contributed by atoms with E-state index in [1.54, 1.807) is 6.26 Å². The van der Waals surface area contributed by atoms with Crippen LogP contribution in [0.25, 0.3) is 0 Å². The van der Waals surface area contributed by atoms with Gasteiger partial charge in [0.05, 0.1) is 18.8 Å². The third-order valence-corrected chi connectivity index (χ3v) is 3.52. The van der Waals surface area contributed by atoms with Crippen molar-refractivity contribution in [2.24, 2.45) is 0 Å². The highest BCUT2D eigenvalue weighted by Crippen LogP contribution is 2.11. The van der Waals surface area contributed by atoms with Crippen molar-refractivity contribution >= 4 is 5.91 Å². The second-order valence-electron chi connectivity index (χ2n) is 5.14. The van der Waals surface area contributed by atoms with Crippen LogP contribution in [0.1, 0.15) is 29.9 Å². The van der Waals surface area contributed by atoms with Crippen molar-refractivity contribution in [1.29, 1.82) is 0 Å². The molecule has 0 fully saturated rings. The number of aryl methyl sites for hydroxylation is 1. The van der Waals surface area contributed by atoms with Crippen molar-refractivity contribution in [3.8, 4) is 0 Å². The van der Waals surface area contributed by atoms with E-state index in [1.807, 2.05) is 31.2 Å². The number of nitrogens with one attached hydrogen (secondary N) is 2. The summed E-state index contributed by atoms with van der Waals surface area (Å²) >= 11 is 0. The zero-order chi connectivity index (χ0) is 15.1. The molecule has 0 bridgehead atoms. The minimum absolute atomic E-state index is 0.00184. The average molecular weight is 286 g/mol. The SMILES string of the molecule is Cc1ccccc1CCNC(=O)CN[C@@H](C)c1ccco1. The van der Waals surface area contributed by atoms with Crippen LogP contribution in [0.5, 0.6) is 0 Å². The Labute approximate surface area is 125 Å². The second-order valence-corrected chi connectivity index (χ2v) is 5.14. The van der Waals surface area contributed by atoms with Crippen molar-refractivity contribution in [2.45, 2.75) is 26.3 Å². The second kappa shape index (κ2) is 7.64. The van der Waals surface area contributed by atoms with E-state index in [2.05, 4.69) is 29.7 Å². The Kier molecular flexibility index (Phi) is 5.58. The molecule has 2 N–H and O–H groups in total. The molecule has 0 radical (unpaired) electrons. The first kappa shape index (κ1) is 15.3. The van der Waals surface area contributed by atoms with Crippen LogP contribution in [0, 0.1) is 6.92 Å². The number of furan rings is 1. The first-order chi connectivity index (χ1) is 10.2. The molecule has 2 rings (SSSR count). The zero-order valence-corrected chi connectivity index (χ0v) is 12.6. The summed E-state index contributed by atoms with van der Waals surface area (Å²) in [6.07, 6.45) is 2.49. The molecule has 0 aliphatic heterocycles. The topological polar surface area (TPSA) is 54.3 Å². The molecule has 21 heavy (non-hydrogen) atoms. The largest absolute Gasteiger partial charge is 0.468 e. The fourth-order valence-electron chi connectivity index (χ4n) is 2.17. The Morgan fingerprint density at radius 3 is 2.76 bits per heavy atom. The lowest BCUT2D eigenvalue weighted by Crippen LogP contribution is -2.36. The predicted octanol–water partition coefficient (Wildman–Crippen LogP) is 2.60. The number of carbonyl (C=O) groups is 1. The van der Waals surface area contributed by atoms with Crippen molar-refractivity contribution in [3.05, 3.63) is 59.5 Å². The number of hydrogen-bond donors (Lipinski definition) is 2. The molecule has 1 amide bonds. The number of rotatable bonds is 7. The molecule has 4 nitrogen and oxygen atoms in total. The van der Waals surface area contributed by atoms with Crippen LogP contribution >= 0.6 is 0 Å². The fraction of sp³-hybridized carbons (Fsp3) is 0.353. The molecule has 1 atom stereocenters. The molecular formula is C17H22N2O2. The third-order valence-electron chi connectivity index (χ3n) is 3.52. The van der Waals surface area contributed by atoms with Crippen molar-refractivity contribution in [2.75, 3.05) is 13.1 Å². The van der Waals surface area contributed by atoms with Gasteiger partial charge in [-0.1, -0.05) is 24.3 Å². The Hall–Kier alpha value is -2.07. The Balaban J connectivity index is 1.67. The number of hydrogen-bond acceptors (Lipinski definition) is 3. The van der Waals surface area contributed by atoms with Crippen molar-refractivity contribution in [3.63, 3.8) is 0 Å². The van der Waals surface area contributed by atoms with Gasteiger partial charge in [0.2, 0.25) is 5.91 Å². The Morgan fingerprint density at radius 2 is 2.05 bits per heavy atom. The maximum Gasteiger partial charge on any atom is 0.233 e. The van der Waals surface area contributed by atoms with Gasteiger partial charge in [-0.3, -0.25) is 10.1 Å². The summed E-state index contributed by atoms with van der Waals surface area (Å²) in [5, 5.41) is 6.07. The summed E-state index contributed by atoms with van der Waals surface area (Å²) in [5.74, 6) is 0.838. The maximum atomic E-state index is 11.8. The summed E-state index contributed by atoms with van der Waals surface area (Å²) in [7, 11) is 0. The average Bonchev–Trinajstić information content (AvgIpc) is 3.01. The van der Waals surface area contributed by atoms with Crippen LogP contribution in [0.15, 0.2) is 47.1 Å². The number of amides is 1. The van der Waals surface area contributed by atoms with Gasteiger partial charge in [-0.25, -0.2) is 0 Å². The van der Waals surface area contributed by atoms with E-state index < -0.39 is 0 Å². The molecule has 1 aromatic heterocycles. The first-order valence-corrected chi connectivity index (χ1v) is 7.25. The van der Waals surface area contributed by atoms with Gasteiger partial charge in [0.15, 0.2) is 0 Å². The summed E-state index contributed by atoms with van der Waals surface area (Å²) in [6, 6.07) is 12.0. The van der Waals surface area contributed by atoms with Gasteiger partial charge < -0.3 is 9.73 Å². The molecule has 1 aromatic carbocycles. The van der Waals surface area contributed by atoms with Gasteiger partial charge in [-0.15, -0.1) is 0 Å². The summed E-state index contributed by atoms with van der Waals surface area (Å²) in [6.45, 7) is 5.00. The lowest BCUT2D eigenvalue weighted by atomic mass is 10.1. The van der Waals surface area contributed by atoms with Gasteiger partial charge in [0.1, 0.15) is 5.76 Å². The standard InChI is InChI=1S/C17H22N2O2/c1-13-6-3-4-7-15(13)9-10-18-17(20)12-19-14(2)16-8-5-11-21-16/h3-8,11,14,19H,9-10,12H2,1-2H3,(H,18,20)/t14-/m0/s1. The maximum absolute atomic E-state index is 11.8. The van der Waals surface area contributed by atoms with E-state index in [-0.39, 0.29) is 18.5 Å². The van der Waals surface area contributed by atoms with Crippen LogP contribution < -0.4 is 10.6 Å². The molecule has 0 aliphatic carbocycles. The Morgan fingerprint density at radius 1 is 1.24 bits per heavy atom. The molecule has 1 heterocycles.